The lowest BCUT2D eigenvalue weighted by atomic mass is 9.82. The Morgan fingerprint density at radius 1 is 1.31 bits per heavy atom. The maximum atomic E-state index is 13.5. The lowest BCUT2D eigenvalue weighted by molar-refractivity contribution is -0.00368. The van der Waals surface area contributed by atoms with Gasteiger partial charge in [-0.15, -0.1) is 0 Å². The number of nitrogens with one attached hydrogen (secondary N) is 1. The van der Waals surface area contributed by atoms with Crippen LogP contribution in [0, 0.1) is 11.7 Å². The third-order valence-electron chi connectivity index (χ3n) is 5.67. The molecule has 1 saturated carbocycles. The molecule has 0 amide bonds. The summed E-state index contributed by atoms with van der Waals surface area (Å²) in [5.74, 6) is 1.14. The largest absolute Gasteiger partial charge is 0.386 e. The molecule has 0 bridgehead atoms. The van der Waals surface area contributed by atoms with Gasteiger partial charge in [0.2, 0.25) is 0 Å². The van der Waals surface area contributed by atoms with Crippen LogP contribution in [-0.4, -0.2) is 55.6 Å². The Bertz CT molecular complexity index is 637. The summed E-state index contributed by atoms with van der Waals surface area (Å²) in [6.45, 7) is 7.48. The zero-order valence-electron chi connectivity index (χ0n) is 18.2. The van der Waals surface area contributed by atoms with E-state index in [1.807, 2.05) is 36.4 Å². The number of halogens is 1. The molecule has 1 aromatic carbocycles. The maximum Gasteiger partial charge on any atom is 0.123 e. The number of hydrogen-bond donors (Lipinski definition) is 2. The Hall–Kier alpha value is -1.28. The van der Waals surface area contributed by atoms with E-state index >= 15 is 0 Å². The normalized spacial score (nSPS) is 21.7. The van der Waals surface area contributed by atoms with Crippen LogP contribution in [-0.2, 0) is 4.74 Å². The van der Waals surface area contributed by atoms with Crippen molar-refractivity contribution in [2.24, 2.45) is 11.7 Å². The van der Waals surface area contributed by atoms with Gasteiger partial charge in [0.1, 0.15) is 5.82 Å². The van der Waals surface area contributed by atoms with Crippen molar-refractivity contribution in [1.29, 1.82) is 0 Å². The lowest BCUT2D eigenvalue weighted by Gasteiger charge is -2.33. The van der Waals surface area contributed by atoms with Crippen LogP contribution < -0.4 is 10.5 Å². The van der Waals surface area contributed by atoms with Gasteiger partial charge in [-0.1, -0.05) is 18.7 Å². The van der Waals surface area contributed by atoms with Crippen molar-refractivity contribution in [2.75, 3.05) is 34.3 Å². The molecule has 1 fully saturated rings. The average molecular weight is 425 g/mol. The molecule has 5 nitrogen and oxygen atoms in total. The molecule has 0 radical (unpaired) electrons. The van der Waals surface area contributed by atoms with Crippen LogP contribution in [0.15, 0.2) is 36.7 Å². The summed E-state index contributed by atoms with van der Waals surface area (Å²) in [6, 6.07) is 7.28. The van der Waals surface area contributed by atoms with Crippen molar-refractivity contribution < 1.29 is 9.13 Å². The maximum absolute atomic E-state index is 13.5. The smallest absolute Gasteiger partial charge is 0.123 e. The third kappa shape index (κ3) is 8.16. The molecule has 0 aliphatic heterocycles. The molecule has 1 unspecified atom stereocenters. The molecular formula is C22H37FN4OS. The van der Waals surface area contributed by atoms with Crippen LogP contribution in [0.25, 0.3) is 0 Å². The van der Waals surface area contributed by atoms with E-state index in [9.17, 15) is 4.39 Å². The molecule has 7 heteroatoms. The van der Waals surface area contributed by atoms with E-state index in [2.05, 4.69) is 18.2 Å². The molecule has 2 atom stereocenters. The topological polar surface area (TPSA) is 53.8 Å². The minimum Gasteiger partial charge on any atom is -0.386 e. The Morgan fingerprint density at radius 3 is 2.59 bits per heavy atom. The summed E-state index contributed by atoms with van der Waals surface area (Å²) in [4.78, 5) is 1.98. The fourth-order valence-electron chi connectivity index (χ4n) is 3.69. The first-order valence-electron chi connectivity index (χ1n) is 10.4. The molecular weight excluding hydrogens is 387 g/mol. The number of benzene rings is 1. The number of hydrogen-bond acceptors (Lipinski definition) is 6. The molecule has 1 aliphatic rings. The summed E-state index contributed by atoms with van der Waals surface area (Å²) >= 11 is 1.59. The van der Waals surface area contributed by atoms with Gasteiger partial charge in [-0.05, 0) is 70.3 Å². The fraction of sp³-hybridized carbons (Fsp3) is 0.636. The van der Waals surface area contributed by atoms with E-state index < -0.39 is 0 Å². The molecule has 1 aromatic rings. The zero-order valence-corrected chi connectivity index (χ0v) is 19.1. The van der Waals surface area contributed by atoms with Crippen LogP contribution in [0.4, 0.5) is 4.39 Å². The highest BCUT2D eigenvalue weighted by molar-refractivity contribution is 7.95. The van der Waals surface area contributed by atoms with E-state index in [1.54, 1.807) is 24.3 Å². The molecule has 0 aromatic heterocycles. The number of ether oxygens (including phenoxy) is 1. The summed E-state index contributed by atoms with van der Waals surface area (Å²) in [5, 5.41) is 0. The van der Waals surface area contributed by atoms with Gasteiger partial charge in [-0.2, -0.15) is 0 Å². The number of nitrogens with two attached hydrogens (primary N) is 1. The quantitative estimate of drug-likeness (QED) is 0.525. The third-order valence-corrected chi connectivity index (χ3v) is 6.51. The van der Waals surface area contributed by atoms with Crippen molar-refractivity contribution >= 4 is 12.1 Å². The number of nitrogens with zero attached hydrogens (tertiary/aromatic N) is 2. The molecule has 164 valence electrons. The van der Waals surface area contributed by atoms with E-state index in [-0.39, 0.29) is 23.9 Å². The fourth-order valence-corrected chi connectivity index (χ4v) is 4.26. The highest BCUT2D eigenvalue weighted by Gasteiger charge is 2.26. The van der Waals surface area contributed by atoms with Crippen molar-refractivity contribution in [3.05, 3.63) is 48.0 Å². The first kappa shape index (κ1) is 24.0. The van der Waals surface area contributed by atoms with E-state index in [4.69, 9.17) is 10.5 Å². The molecule has 3 N–H and O–H groups in total. The Balaban J connectivity index is 1.85. The highest BCUT2D eigenvalue weighted by atomic mass is 32.2. The predicted octanol–water partition coefficient (Wildman–Crippen LogP) is 3.95. The lowest BCUT2D eigenvalue weighted by Crippen LogP contribution is -2.42. The summed E-state index contributed by atoms with van der Waals surface area (Å²) in [6.07, 6.45) is 4.39. The second-order valence-corrected chi connectivity index (χ2v) is 9.45. The summed E-state index contributed by atoms with van der Waals surface area (Å²) in [7, 11) is 5.99. The van der Waals surface area contributed by atoms with E-state index in [1.165, 1.54) is 6.07 Å². The zero-order chi connectivity index (χ0) is 21.4. The highest BCUT2D eigenvalue weighted by Crippen LogP contribution is 2.34. The molecule has 0 heterocycles. The minimum atomic E-state index is -0.147. The van der Waals surface area contributed by atoms with Gasteiger partial charge in [-0.25, -0.2) is 13.4 Å². The van der Waals surface area contributed by atoms with Gasteiger partial charge >= 0.3 is 0 Å². The molecule has 29 heavy (non-hydrogen) atoms. The average Bonchev–Trinajstić information content (AvgIpc) is 2.69. The Morgan fingerprint density at radius 2 is 2.00 bits per heavy atom. The molecule has 2 rings (SSSR count). The van der Waals surface area contributed by atoms with Gasteiger partial charge in [-0.3, -0.25) is 0 Å². The Kier molecular flexibility index (Phi) is 9.75. The number of rotatable bonds is 11. The molecule has 0 spiro atoms. The van der Waals surface area contributed by atoms with Gasteiger partial charge < -0.3 is 15.4 Å². The van der Waals surface area contributed by atoms with Crippen molar-refractivity contribution in [3.8, 4) is 0 Å². The first-order chi connectivity index (χ1) is 13.8. The van der Waals surface area contributed by atoms with Crippen LogP contribution in [0.5, 0.6) is 0 Å². The Labute approximate surface area is 180 Å². The van der Waals surface area contributed by atoms with Crippen LogP contribution in [0.3, 0.4) is 0 Å². The monoisotopic (exact) mass is 424 g/mol. The molecule has 0 saturated heterocycles. The molecule has 1 aliphatic carbocycles. The van der Waals surface area contributed by atoms with Gasteiger partial charge in [0.25, 0.3) is 0 Å². The van der Waals surface area contributed by atoms with Crippen molar-refractivity contribution in [1.82, 2.24) is 13.9 Å². The standard InChI is InChI=1S/C22H37FN4OS/c1-16(25-29-26(3)4)20(14-27(5)17(2)24)15-28-22-11-9-18(10-12-22)19-7-6-8-21(23)13-19/h6-8,13,16,18,20,22,25H,2,9-12,14-15,24H2,1,3-5H3/t16?,18?,20-,22?/m0/s1. The van der Waals surface area contributed by atoms with Gasteiger partial charge in [0.05, 0.1) is 18.5 Å². The second kappa shape index (κ2) is 11.8. The van der Waals surface area contributed by atoms with Crippen molar-refractivity contribution in [2.45, 2.75) is 50.7 Å². The summed E-state index contributed by atoms with van der Waals surface area (Å²) in [5.41, 5.74) is 6.97. The minimum absolute atomic E-state index is 0.147. The van der Waals surface area contributed by atoms with Crippen LogP contribution in [0.2, 0.25) is 0 Å². The van der Waals surface area contributed by atoms with Crippen molar-refractivity contribution in [3.63, 3.8) is 0 Å². The van der Waals surface area contributed by atoms with Gasteiger partial charge in [0.15, 0.2) is 0 Å². The van der Waals surface area contributed by atoms with E-state index in [0.717, 1.165) is 37.8 Å². The summed E-state index contributed by atoms with van der Waals surface area (Å²) < 4.78 is 25.3. The predicted molar refractivity (Wildman–Crippen MR) is 121 cm³/mol. The second-order valence-electron chi connectivity index (χ2n) is 8.30. The van der Waals surface area contributed by atoms with E-state index in [0.29, 0.717) is 18.3 Å². The van der Waals surface area contributed by atoms with Crippen LogP contribution >= 0.6 is 12.1 Å². The SMILES string of the molecule is C=C(N)N(C)C[C@@H](COC1CCC(c2cccc(F)c2)CC1)C(C)NSN(C)C. The van der Waals surface area contributed by atoms with Gasteiger partial charge in [0, 0.05) is 37.7 Å². The first-order valence-corrected chi connectivity index (χ1v) is 11.2. The van der Waals surface area contributed by atoms with Crippen LogP contribution in [0.1, 0.15) is 44.1 Å².